The molecule has 2 aliphatic carbocycles. The van der Waals surface area contributed by atoms with Gasteiger partial charge in [0, 0.05) is 42.8 Å². The third kappa shape index (κ3) is 2.44. The summed E-state index contributed by atoms with van der Waals surface area (Å²) in [5, 5.41) is 8.12. The van der Waals surface area contributed by atoms with Gasteiger partial charge in [-0.1, -0.05) is 12.8 Å². The van der Waals surface area contributed by atoms with E-state index in [9.17, 15) is 0 Å². The van der Waals surface area contributed by atoms with Crippen molar-refractivity contribution in [3.8, 4) is 0 Å². The minimum atomic E-state index is 0.404. The minimum absolute atomic E-state index is 0.404. The van der Waals surface area contributed by atoms with E-state index in [1.807, 2.05) is 7.05 Å². The van der Waals surface area contributed by atoms with E-state index in [1.165, 1.54) is 50.7 Å². The zero-order valence-corrected chi connectivity index (χ0v) is 14.5. The van der Waals surface area contributed by atoms with Crippen LogP contribution < -0.4 is 10.6 Å². The first-order valence-electron chi connectivity index (χ1n) is 9.04. The highest BCUT2D eigenvalue weighted by Gasteiger charge is 2.65. The maximum absolute atomic E-state index is 6.07. The molecule has 4 aliphatic rings. The van der Waals surface area contributed by atoms with Crippen molar-refractivity contribution >= 4 is 17.7 Å². The van der Waals surface area contributed by atoms with Crippen molar-refractivity contribution in [3.63, 3.8) is 0 Å². The first-order valence-corrected chi connectivity index (χ1v) is 10.1. The zero-order valence-electron chi connectivity index (χ0n) is 13.6. The van der Waals surface area contributed by atoms with Gasteiger partial charge in [0.15, 0.2) is 5.96 Å². The number of nitrogens with zero attached hydrogens (tertiary/aromatic N) is 1. The maximum atomic E-state index is 6.07. The van der Waals surface area contributed by atoms with E-state index >= 15 is 0 Å². The topological polar surface area (TPSA) is 45.7 Å². The molecular weight excluding hydrogens is 294 g/mol. The van der Waals surface area contributed by atoms with Gasteiger partial charge in [-0.3, -0.25) is 4.99 Å². The quantitative estimate of drug-likeness (QED) is 0.618. The molecule has 4 unspecified atom stereocenters. The summed E-state index contributed by atoms with van der Waals surface area (Å²) < 4.78 is 6.07. The monoisotopic (exact) mass is 323 g/mol. The second-order valence-corrected chi connectivity index (χ2v) is 8.80. The molecule has 22 heavy (non-hydrogen) atoms. The van der Waals surface area contributed by atoms with Gasteiger partial charge in [-0.2, -0.15) is 11.8 Å². The summed E-state index contributed by atoms with van der Waals surface area (Å²) in [5.74, 6) is 3.04. The van der Waals surface area contributed by atoms with Crippen LogP contribution in [-0.4, -0.2) is 49.3 Å². The summed E-state index contributed by atoms with van der Waals surface area (Å²) in [6.45, 7) is 2.01. The third-order valence-corrected chi connectivity index (χ3v) is 7.72. The fraction of sp³-hybridized carbons (Fsp3) is 0.941. The lowest BCUT2D eigenvalue weighted by molar-refractivity contribution is -0.125. The number of nitrogens with one attached hydrogen (secondary N) is 2. The lowest BCUT2D eigenvalue weighted by Crippen LogP contribution is -2.69. The van der Waals surface area contributed by atoms with E-state index in [4.69, 9.17) is 4.74 Å². The normalized spacial score (nSPS) is 39.8. The summed E-state index contributed by atoms with van der Waals surface area (Å²) in [7, 11) is 1.90. The molecule has 0 aromatic rings. The Bertz CT molecular complexity index is 430. The SMILES string of the molecule is CN=C(NCC1CCCS1)NC1C2CCOC2C12CCCC2. The average molecular weight is 324 g/mol. The Kier molecular flexibility index (Phi) is 4.29. The van der Waals surface area contributed by atoms with Crippen molar-refractivity contribution in [2.45, 2.75) is 62.3 Å². The number of hydrogen-bond donors (Lipinski definition) is 2. The zero-order chi connectivity index (χ0) is 15.0. The van der Waals surface area contributed by atoms with Crippen LogP contribution in [0.5, 0.6) is 0 Å². The van der Waals surface area contributed by atoms with Crippen LogP contribution in [0.2, 0.25) is 0 Å². The molecule has 0 amide bonds. The molecule has 2 N–H and O–H groups in total. The first-order chi connectivity index (χ1) is 10.8. The molecule has 2 aliphatic heterocycles. The predicted octanol–water partition coefficient (Wildman–Crippen LogP) is 2.39. The van der Waals surface area contributed by atoms with Crippen LogP contribution >= 0.6 is 11.8 Å². The van der Waals surface area contributed by atoms with Crippen LogP contribution in [0.25, 0.3) is 0 Å². The van der Waals surface area contributed by atoms with Gasteiger partial charge < -0.3 is 15.4 Å². The molecule has 2 heterocycles. The molecule has 5 heteroatoms. The largest absolute Gasteiger partial charge is 0.377 e. The highest BCUT2D eigenvalue weighted by atomic mass is 32.2. The molecule has 124 valence electrons. The second-order valence-electron chi connectivity index (χ2n) is 7.39. The van der Waals surface area contributed by atoms with E-state index in [2.05, 4.69) is 27.4 Å². The van der Waals surface area contributed by atoms with E-state index in [0.717, 1.165) is 24.4 Å². The highest BCUT2D eigenvalue weighted by molar-refractivity contribution is 8.00. The van der Waals surface area contributed by atoms with E-state index in [-0.39, 0.29) is 0 Å². The van der Waals surface area contributed by atoms with Crippen LogP contribution in [0, 0.1) is 11.3 Å². The maximum Gasteiger partial charge on any atom is 0.191 e. The molecule has 4 rings (SSSR count). The molecule has 4 nitrogen and oxygen atoms in total. The number of fused-ring (bicyclic) bond motifs is 2. The molecule has 1 spiro atoms. The van der Waals surface area contributed by atoms with Gasteiger partial charge in [0.2, 0.25) is 0 Å². The van der Waals surface area contributed by atoms with Crippen molar-refractivity contribution < 1.29 is 4.74 Å². The molecular formula is C17H29N3OS. The van der Waals surface area contributed by atoms with Gasteiger partial charge in [-0.25, -0.2) is 0 Å². The van der Waals surface area contributed by atoms with Gasteiger partial charge in [0.25, 0.3) is 0 Å². The van der Waals surface area contributed by atoms with Gasteiger partial charge in [0.05, 0.1) is 6.10 Å². The summed E-state index contributed by atoms with van der Waals surface area (Å²) in [5.41, 5.74) is 0.404. The summed E-state index contributed by atoms with van der Waals surface area (Å²) in [6, 6.07) is 0.574. The molecule has 0 aromatic heterocycles. The van der Waals surface area contributed by atoms with Crippen LogP contribution in [0.3, 0.4) is 0 Å². The van der Waals surface area contributed by atoms with Gasteiger partial charge in [0.1, 0.15) is 0 Å². The number of hydrogen-bond acceptors (Lipinski definition) is 3. The van der Waals surface area contributed by atoms with E-state index in [1.54, 1.807) is 0 Å². The number of thioether (sulfide) groups is 1. The lowest BCUT2D eigenvalue weighted by atomic mass is 9.54. The Hall–Kier alpha value is -0.420. The molecule has 4 fully saturated rings. The third-order valence-electron chi connectivity index (χ3n) is 6.32. The van der Waals surface area contributed by atoms with Crippen molar-refractivity contribution in [1.82, 2.24) is 10.6 Å². The smallest absolute Gasteiger partial charge is 0.191 e. The lowest BCUT2D eigenvalue weighted by Gasteiger charge is -2.57. The van der Waals surface area contributed by atoms with E-state index in [0.29, 0.717) is 23.5 Å². The number of ether oxygens (including phenoxy) is 1. The number of aliphatic imine (C=N–C) groups is 1. The fourth-order valence-electron chi connectivity index (χ4n) is 5.26. The molecule has 0 bridgehead atoms. The average Bonchev–Trinajstić information content (AvgIpc) is 3.27. The van der Waals surface area contributed by atoms with Crippen molar-refractivity contribution in [1.29, 1.82) is 0 Å². The van der Waals surface area contributed by atoms with Crippen LogP contribution in [0.1, 0.15) is 44.9 Å². The Labute approximate surface area is 138 Å². The van der Waals surface area contributed by atoms with Gasteiger partial charge in [-0.15, -0.1) is 0 Å². The number of guanidine groups is 1. The van der Waals surface area contributed by atoms with Gasteiger partial charge >= 0.3 is 0 Å². The standard InChI is InChI=1S/C17H29N3OS/c1-18-16(19-11-12-5-4-10-22-12)20-14-13-6-9-21-15(13)17(14)7-2-3-8-17/h12-15H,2-11H2,1H3,(H2,18,19,20). The summed E-state index contributed by atoms with van der Waals surface area (Å²) in [4.78, 5) is 4.48. The summed E-state index contributed by atoms with van der Waals surface area (Å²) >= 11 is 2.10. The predicted molar refractivity (Wildman–Crippen MR) is 92.5 cm³/mol. The van der Waals surface area contributed by atoms with Crippen LogP contribution in [-0.2, 0) is 4.74 Å². The molecule has 2 saturated heterocycles. The number of rotatable bonds is 3. The molecule has 0 radical (unpaired) electrons. The Morgan fingerprint density at radius 3 is 2.86 bits per heavy atom. The fourth-order valence-corrected chi connectivity index (χ4v) is 6.46. The van der Waals surface area contributed by atoms with Crippen LogP contribution in [0.15, 0.2) is 4.99 Å². The molecule has 4 atom stereocenters. The molecule has 2 saturated carbocycles. The summed E-state index contributed by atoms with van der Waals surface area (Å²) in [6.07, 6.45) is 9.87. The minimum Gasteiger partial charge on any atom is -0.377 e. The van der Waals surface area contributed by atoms with Crippen molar-refractivity contribution in [3.05, 3.63) is 0 Å². The van der Waals surface area contributed by atoms with Crippen molar-refractivity contribution in [2.24, 2.45) is 16.3 Å². The Morgan fingerprint density at radius 2 is 2.14 bits per heavy atom. The Balaban J connectivity index is 1.38. The second kappa shape index (κ2) is 6.23. The highest BCUT2D eigenvalue weighted by Crippen LogP contribution is 2.60. The van der Waals surface area contributed by atoms with Crippen molar-refractivity contribution in [2.75, 3.05) is 26.0 Å². The molecule has 0 aromatic carbocycles. The van der Waals surface area contributed by atoms with E-state index < -0.39 is 0 Å². The van der Waals surface area contributed by atoms with Gasteiger partial charge in [-0.05, 0) is 37.9 Å². The van der Waals surface area contributed by atoms with Crippen LogP contribution in [0.4, 0.5) is 0 Å². The first kappa shape index (κ1) is 15.1. The Morgan fingerprint density at radius 1 is 1.27 bits per heavy atom.